The summed E-state index contributed by atoms with van der Waals surface area (Å²) >= 11 is 0. The molecule has 1 aliphatic carbocycles. The maximum atomic E-state index is 5.47. The van der Waals surface area contributed by atoms with Gasteiger partial charge in [0.2, 0.25) is 0 Å². The fraction of sp³-hybridized carbons (Fsp3) is 0.583. The van der Waals surface area contributed by atoms with Crippen LogP contribution in [-0.4, -0.2) is 31.6 Å². The molecule has 2 fully saturated rings. The third-order valence-electron chi connectivity index (χ3n) is 6.79. The molecule has 140 valence electrons. The molecule has 2 nitrogen and oxygen atoms in total. The van der Waals surface area contributed by atoms with E-state index in [-0.39, 0.29) is 0 Å². The second-order valence-corrected chi connectivity index (χ2v) is 8.34. The normalized spacial score (nSPS) is 20.5. The predicted octanol–water partition coefficient (Wildman–Crippen LogP) is 5.68. The zero-order chi connectivity index (χ0) is 17.8. The van der Waals surface area contributed by atoms with Crippen LogP contribution < -0.4 is 4.74 Å². The number of methoxy groups -OCH3 is 1. The molecular formula is C24H33NO. The first-order chi connectivity index (χ1) is 12.8. The quantitative estimate of drug-likeness (QED) is 0.687. The summed E-state index contributed by atoms with van der Waals surface area (Å²) in [5.41, 5.74) is 1.44. The Bertz CT molecular complexity index is 711. The van der Waals surface area contributed by atoms with Gasteiger partial charge < -0.3 is 9.64 Å². The first-order valence-electron chi connectivity index (χ1n) is 10.6. The maximum absolute atomic E-state index is 5.47. The van der Waals surface area contributed by atoms with Crippen molar-refractivity contribution in [2.24, 2.45) is 11.8 Å². The zero-order valence-corrected chi connectivity index (χ0v) is 16.3. The van der Waals surface area contributed by atoms with E-state index in [1.807, 2.05) is 6.07 Å². The van der Waals surface area contributed by atoms with Gasteiger partial charge in [0.05, 0.1) is 7.11 Å². The molecule has 0 unspecified atom stereocenters. The molecule has 2 aromatic rings. The lowest BCUT2D eigenvalue weighted by Gasteiger charge is -2.37. The number of benzene rings is 2. The van der Waals surface area contributed by atoms with Crippen LogP contribution in [0, 0.1) is 11.8 Å². The number of hydrogen-bond acceptors (Lipinski definition) is 2. The number of nitrogens with zero attached hydrogens (tertiary/aromatic N) is 1. The molecule has 2 aromatic carbocycles. The van der Waals surface area contributed by atoms with Gasteiger partial charge in [0.1, 0.15) is 5.75 Å². The topological polar surface area (TPSA) is 12.5 Å². The Kier molecular flexibility index (Phi) is 5.79. The number of rotatable bonds is 5. The standard InChI is InChI=1S/C24H33NO/c1-26-24-9-5-8-22-18-19(10-11-23(22)24)12-15-25-16-13-21(14-17-25)20-6-3-2-4-7-20/h5,8-11,18,20-21H,2-4,6-7,12-17H2,1H3. The molecule has 1 saturated carbocycles. The molecule has 0 radical (unpaired) electrons. The summed E-state index contributed by atoms with van der Waals surface area (Å²) in [4.78, 5) is 2.69. The minimum absolute atomic E-state index is 0.971. The Labute approximate surface area is 158 Å². The van der Waals surface area contributed by atoms with E-state index in [1.165, 1.54) is 80.9 Å². The fourth-order valence-corrected chi connectivity index (χ4v) is 5.18. The molecule has 2 heteroatoms. The van der Waals surface area contributed by atoms with Crippen LogP contribution in [0.2, 0.25) is 0 Å². The third-order valence-corrected chi connectivity index (χ3v) is 6.79. The van der Waals surface area contributed by atoms with Crippen LogP contribution >= 0.6 is 0 Å². The van der Waals surface area contributed by atoms with Crippen LogP contribution in [0.3, 0.4) is 0 Å². The number of hydrogen-bond donors (Lipinski definition) is 0. The molecule has 0 atom stereocenters. The van der Waals surface area contributed by atoms with E-state index in [0.717, 1.165) is 24.0 Å². The molecule has 2 aliphatic rings. The van der Waals surface area contributed by atoms with E-state index in [4.69, 9.17) is 4.74 Å². The van der Waals surface area contributed by atoms with E-state index in [0.29, 0.717) is 0 Å². The summed E-state index contributed by atoms with van der Waals surface area (Å²) in [7, 11) is 1.75. The second-order valence-electron chi connectivity index (χ2n) is 8.34. The Morgan fingerprint density at radius 1 is 0.923 bits per heavy atom. The molecule has 4 rings (SSSR count). The van der Waals surface area contributed by atoms with Crippen molar-refractivity contribution in [3.05, 3.63) is 42.0 Å². The molecule has 0 amide bonds. The molecule has 0 N–H and O–H groups in total. The summed E-state index contributed by atoms with van der Waals surface area (Å²) in [5, 5.41) is 2.50. The van der Waals surface area contributed by atoms with E-state index < -0.39 is 0 Å². The summed E-state index contributed by atoms with van der Waals surface area (Å²) in [5.74, 6) is 3.03. The van der Waals surface area contributed by atoms with E-state index in [9.17, 15) is 0 Å². The van der Waals surface area contributed by atoms with Crippen molar-refractivity contribution >= 4 is 10.8 Å². The average Bonchev–Trinajstić information content (AvgIpc) is 2.72. The molecule has 0 aromatic heterocycles. The van der Waals surface area contributed by atoms with Crippen LogP contribution in [-0.2, 0) is 6.42 Å². The highest BCUT2D eigenvalue weighted by Gasteiger charge is 2.27. The van der Waals surface area contributed by atoms with Crippen molar-refractivity contribution in [3.8, 4) is 5.75 Å². The minimum Gasteiger partial charge on any atom is -0.496 e. The molecule has 26 heavy (non-hydrogen) atoms. The lowest BCUT2D eigenvalue weighted by molar-refractivity contribution is 0.128. The summed E-state index contributed by atoms with van der Waals surface area (Å²) in [6.07, 6.45) is 11.5. The van der Waals surface area contributed by atoms with E-state index in [2.05, 4.69) is 35.2 Å². The highest BCUT2D eigenvalue weighted by atomic mass is 16.5. The smallest absolute Gasteiger partial charge is 0.126 e. The minimum atomic E-state index is 0.971. The monoisotopic (exact) mass is 351 g/mol. The molecular weight excluding hydrogens is 318 g/mol. The predicted molar refractivity (Wildman–Crippen MR) is 110 cm³/mol. The highest BCUT2D eigenvalue weighted by molar-refractivity contribution is 5.88. The third kappa shape index (κ3) is 4.06. The van der Waals surface area contributed by atoms with Crippen LogP contribution in [0.4, 0.5) is 0 Å². The Balaban J connectivity index is 1.30. The largest absolute Gasteiger partial charge is 0.496 e. The zero-order valence-electron chi connectivity index (χ0n) is 16.3. The maximum Gasteiger partial charge on any atom is 0.126 e. The van der Waals surface area contributed by atoms with E-state index in [1.54, 1.807) is 7.11 Å². The van der Waals surface area contributed by atoms with Crippen molar-refractivity contribution in [3.63, 3.8) is 0 Å². The van der Waals surface area contributed by atoms with Crippen molar-refractivity contribution in [2.45, 2.75) is 51.4 Å². The molecule has 1 heterocycles. The molecule has 0 spiro atoms. The summed E-state index contributed by atoms with van der Waals surface area (Å²) in [6.45, 7) is 3.82. The van der Waals surface area contributed by atoms with Gasteiger partial charge in [0.25, 0.3) is 0 Å². The molecule has 1 aliphatic heterocycles. The highest BCUT2D eigenvalue weighted by Crippen LogP contribution is 2.35. The van der Waals surface area contributed by atoms with Gasteiger partial charge in [-0.25, -0.2) is 0 Å². The van der Waals surface area contributed by atoms with Crippen molar-refractivity contribution < 1.29 is 4.74 Å². The second kappa shape index (κ2) is 8.43. The fourth-order valence-electron chi connectivity index (χ4n) is 5.18. The SMILES string of the molecule is COc1cccc2cc(CCN3CCC(C4CCCCC4)CC3)ccc12. The van der Waals surface area contributed by atoms with Gasteiger partial charge in [0.15, 0.2) is 0 Å². The lowest BCUT2D eigenvalue weighted by atomic mass is 9.76. The Morgan fingerprint density at radius 2 is 1.69 bits per heavy atom. The summed E-state index contributed by atoms with van der Waals surface area (Å²) < 4.78 is 5.47. The Morgan fingerprint density at radius 3 is 2.46 bits per heavy atom. The lowest BCUT2D eigenvalue weighted by Crippen LogP contribution is -2.37. The van der Waals surface area contributed by atoms with Crippen LogP contribution in [0.25, 0.3) is 10.8 Å². The number of likely N-dealkylation sites (tertiary alicyclic amines) is 1. The van der Waals surface area contributed by atoms with Gasteiger partial charge in [-0.05, 0) is 61.2 Å². The Hall–Kier alpha value is -1.54. The number of piperidine rings is 1. The van der Waals surface area contributed by atoms with Crippen LogP contribution in [0.15, 0.2) is 36.4 Å². The molecule has 1 saturated heterocycles. The first kappa shape index (κ1) is 17.9. The molecule has 0 bridgehead atoms. The van der Waals surface area contributed by atoms with Gasteiger partial charge in [-0.2, -0.15) is 0 Å². The van der Waals surface area contributed by atoms with Gasteiger partial charge in [0, 0.05) is 11.9 Å². The van der Waals surface area contributed by atoms with E-state index >= 15 is 0 Å². The number of fused-ring (bicyclic) bond motifs is 1. The van der Waals surface area contributed by atoms with Gasteiger partial charge >= 0.3 is 0 Å². The van der Waals surface area contributed by atoms with Gasteiger partial charge in [-0.15, -0.1) is 0 Å². The van der Waals surface area contributed by atoms with Crippen molar-refractivity contribution in [1.29, 1.82) is 0 Å². The number of ether oxygens (including phenoxy) is 1. The van der Waals surface area contributed by atoms with Crippen LogP contribution in [0.5, 0.6) is 5.75 Å². The summed E-state index contributed by atoms with van der Waals surface area (Å²) in [6, 6.07) is 13.2. The van der Waals surface area contributed by atoms with Crippen LogP contribution in [0.1, 0.15) is 50.5 Å². The van der Waals surface area contributed by atoms with Gasteiger partial charge in [-0.3, -0.25) is 0 Å². The average molecular weight is 352 g/mol. The van der Waals surface area contributed by atoms with Crippen molar-refractivity contribution in [1.82, 2.24) is 4.90 Å². The first-order valence-corrected chi connectivity index (χ1v) is 10.6. The van der Waals surface area contributed by atoms with Crippen molar-refractivity contribution in [2.75, 3.05) is 26.7 Å². The van der Waals surface area contributed by atoms with Gasteiger partial charge in [-0.1, -0.05) is 62.4 Å².